The molecular weight excluding hydrogens is 190 g/mol. The van der Waals surface area contributed by atoms with Gasteiger partial charge in [0, 0.05) is 0 Å². The lowest BCUT2D eigenvalue weighted by molar-refractivity contribution is -0.120. The molecule has 1 saturated heterocycles. The average molecular weight is 205 g/mol. The summed E-state index contributed by atoms with van der Waals surface area (Å²) in [6.07, 6.45) is 1.88. The van der Waals surface area contributed by atoms with Gasteiger partial charge in [-0.3, -0.25) is 4.79 Å². The van der Waals surface area contributed by atoms with E-state index >= 15 is 0 Å². The van der Waals surface area contributed by atoms with E-state index in [0.717, 1.165) is 6.42 Å². The molecule has 76 valence electrons. The van der Waals surface area contributed by atoms with Crippen molar-refractivity contribution < 1.29 is 13.2 Å². The van der Waals surface area contributed by atoms with Crippen LogP contribution in [0.5, 0.6) is 0 Å². The molecule has 1 fully saturated rings. The number of nitrogens with two attached hydrogens (primary N) is 1. The van der Waals surface area contributed by atoms with Crippen molar-refractivity contribution in [1.82, 2.24) is 0 Å². The first-order valence-corrected chi connectivity index (χ1v) is 6.05. The fourth-order valence-electron chi connectivity index (χ4n) is 1.66. The van der Waals surface area contributed by atoms with Crippen LogP contribution in [0, 0.1) is 0 Å². The normalized spacial score (nSPS) is 32.8. The van der Waals surface area contributed by atoms with Gasteiger partial charge in [0.05, 0.1) is 12.3 Å². The number of carbonyl (C=O) groups is 1. The summed E-state index contributed by atoms with van der Waals surface area (Å²) < 4.78 is 22.0. The minimum atomic E-state index is -3.26. The Morgan fingerprint density at radius 2 is 2.08 bits per heavy atom. The van der Waals surface area contributed by atoms with Crippen LogP contribution in [-0.4, -0.2) is 31.2 Å². The van der Waals surface area contributed by atoms with Gasteiger partial charge in [-0.15, -0.1) is 0 Å². The predicted octanol–water partition coefficient (Wildman–Crippen LogP) is -0.128. The van der Waals surface area contributed by atoms with Crippen LogP contribution in [-0.2, 0) is 14.6 Å². The number of hydrogen-bond donors (Lipinski definition) is 1. The molecule has 13 heavy (non-hydrogen) atoms. The molecule has 0 radical (unpaired) electrons. The van der Waals surface area contributed by atoms with Gasteiger partial charge >= 0.3 is 0 Å². The zero-order valence-electron chi connectivity index (χ0n) is 7.75. The molecule has 0 bridgehead atoms. The lowest BCUT2D eigenvalue weighted by Crippen LogP contribution is -2.49. The molecule has 0 spiro atoms. The van der Waals surface area contributed by atoms with Crippen molar-refractivity contribution in [3.8, 4) is 0 Å². The van der Waals surface area contributed by atoms with E-state index in [2.05, 4.69) is 0 Å². The third kappa shape index (κ3) is 1.62. The van der Waals surface area contributed by atoms with E-state index in [0.29, 0.717) is 12.8 Å². The molecule has 1 heterocycles. The summed E-state index contributed by atoms with van der Waals surface area (Å²) in [7, 11) is -3.26. The number of hydrogen-bond acceptors (Lipinski definition) is 4. The Bertz CT molecular complexity index is 309. The van der Waals surface area contributed by atoms with Crippen LogP contribution in [0.1, 0.15) is 26.2 Å². The van der Waals surface area contributed by atoms with Crippen LogP contribution in [0.25, 0.3) is 0 Å². The lowest BCUT2D eigenvalue weighted by Gasteiger charge is -2.31. The zero-order valence-corrected chi connectivity index (χ0v) is 8.56. The molecule has 1 atom stereocenters. The molecule has 0 aliphatic carbocycles. The van der Waals surface area contributed by atoms with Crippen molar-refractivity contribution in [3.63, 3.8) is 0 Å². The van der Waals surface area contributed by atoms with E-state index < -0.39 is 14.6 Å². The van der Waals surface area contributed by atoms with Crippen LogP contribution in [0.15, 0.2) is 0 Å². The maximum atomic E-state index is 11.6. The maximum absolute atomic E-state index is 11.6. The van der Waals surface area contributed by atoms with Gasteiger partial charge in [-0.25, -0.2) is 8.42 Å². The lowest BCUT2D eigenvalue weighted by atomic mass is 9.98. The first-order valence-electron chi connectivity index (χ1n) is 4.40. The molecule has 0 aromatic carbocycles. The largest absolute Gasteiger partial charge is 0.324 e. The number of sulfone groups is 1. The zero-order chi connectivity index (χ0) is 10.1. The van der Waals surface area contributed by atoms with Crippen molar-refractivity contribution in [3.05, 3.63) is 0 Å². The quantitative estimate of drug-likeness (QED) is 0.681. The number of Topliss-reactive ketones (excluding diaryl/α,β-unsaturated/α-hetero) is 1. The summed E-state index contributed by atoms with van der Waals surface area (Å²) in [6.45, 7) is 1.31. The fraction of sp³-hybridized carbons (Fsp3) is 0.875. The third-order valence-corrected chi connectivity index (χ3v) is 5.41. The van der Waals surface area contributed by atoms with E-state index in [9.17, 15) is 13.2 Å². The topological polar surface area (TPSA) is 77.2 Å². The monoisotopic (exact) mass is 205 g/mol. The number of carbonyl (C=O) groups excluding carboxylic acids is 1. The summed E-state index contributed by atoms with van der Waals surface area (Å²) in [5.74, 6) is -0.234. The van der Waals surface area contributed by atoms with Crippen LogP contribution in [0.2, 0.25) is 0 Å². The van der Waals surface area contributed by atoms with Gasteiger partial charge in [-0.05, 0) is 19.8 Å². The molecule has 0 amide bonds. The van der Waals surface area contributed by atoms with Gasteiger partial charge in [0.1, 0.15) is 4.75 Å². The second-order valence-electron chi connectivity index (χ2n) is 3.63. The first kappa shape index (κ1) is 10.7. The number of ketones is 1. The van der Waals surface area contributed by atoms with Crippen molar-refractivity contribution in [1.29, 1.82) is 0 Å². The standard InChI is InChI=1S/C8H15NO3S/c1-8(7(10)6-9)4-2-3-5-13(8,11)12/h2-6,9H2,1H3. The van der Waals surface area contributed by atoms with Crippen molar-refractivity contribution in [2.45, 2.75) is 30.9 Å². The Hall–Kier alpha value is -0.420. The minimum absolute atomic E-state index is 0.120. The van der Waals surface area contributed by atoms with Crippen molar-refractivity contribution >= 4 is 15.6 Å². The van der Waals surface area contributed by atoms with Gasteiger partial charge in [0.25, 0.3) is 0 Å². The fourth-order valence-corrected chi connectivity index (χ4v) is 3.58. The second-order valence-corrected chi connectivity index (χ2v) is 6.17. The number of rotatable bonds is 2. The SMILES string of the molecule is CC1(C(=O)CN)CCCCS1(=O)=O. The smallest absolute Gasteiger partial charge is 0.167 e. The van der Waals surface area contributed by atoms with Gasteiger partial charge in [-0.2, -0.15) is 0 Å². The van der Waals surface area contributed by atoms with E-state index in [1.807, 2.05) is 0 Å². The molecule has 2 N–H and O–H groups in total. The Morgan fingerprint density at radius 3 is 2.54 bits per heavy atom. The summed E-state index contributed by atoms with van der Waals surface area (Å²) >= 11 is 0. The van der Waals surface area contributed by atoms with Gasteiger partial charge in [-0.1, -0.05) is 6.42 Å². The minimum Gasteiger partial charge on any atom is -0.324 e. The molecule has 0 aromatic rings. The van der Waals surface area contributed by atoms with E-state index in [1.54, 1.807) is 0 Å². The highest BCUT2D eigenvalue weighted by Gasteiger charge is 2.46. The van der Waals surface area contributed by atoms with Crippen LogP contribution in [0.3, 0.4) is 0 Å². The van der Waals surface area contributed by atoms with Crippen molar-refractivity contribution in [2.75, 3.05) is 12.3 Å². The Kier molecular flexibility index (Phi) is 2.77. The summed E-state index contributed by atoms with van der Waals surface area (Å²) in [4.78, 5) is 11.4. The Labute approximate surface area is 78.4 Å². The highest BCUT2D eigenvalue weighted by Crippen LogP contribution is 2.31. The summed E-state index contributed by atoms with van der Waals surface area (Å²) in [6, 6.07) is 0. The van der Waals surface area contributed by atoms with Crippen LogP contribution in [0.4, 0.5) is 0 Å². The van der Waals surface area contributed by atoms with E-state index in [1.165, 1.54) is 6.92 Å². The second kappa shape index (κ2) is 3.38. The van der Waals surface area contributed by atoms with Gasteiger partial charge in [0.2, 0.25) is 0 Å². The Balaban J connectivity index is 3.05. The molecule has 1 rings (SSSR count). The molecule has 0 saturated carbocycles. The van der Waals surface area contributed by atoms with Crippen LogP contribution < -0.4 is 5.73 Å². The summed E-state index contributed by atoms with van der Waals surface area (Å²) in [5, 5.41) is 0. The highest BCUT2D eigenvalue weighted by molar-refractivity contribution is 7.93. The molecule has 1 aliphatic rings. The van der Waals surface area contributed by atoms with E-state index in [-0.39, 0.29) is 18.1 Å². The van der Waals surface area contributed by atoms with Gasteiger partial charge in [0.15, 0.2) is 15.6 Å². The van der Waals surface area contributed by atoms with E-state index in [4.69, 9.17) is 5.73 Å². The Morgan fingerprint density at radius 1 is 1.46 bits per heavy atom. The predicted molar refractivity (Wildman–Crippen MR) is 50.1 cm³/mol. The van der Waals surface area contributed by atoms with Crippen molar-refractivity contribution in [2.24, 2.45) is 5.73 Å². The molecular formula is C8H15NO3S. The molecule has 1 aliphatic heterocycles. The first-order chi connectivity index (χ1) is 5.94. The highest BCUT2D eigenvalue weighted by atomic mass is 32.2. The third-order valence-electron chi connectivity index (χ3n) is 2.78. The molecule has 5 heteroatoms. The summed E-state index contributed by atoms with van der Waals surface area (Å²) in [5.41, 5.74) is 5.20. The maximum Gasteiger partial charge on any atom is 0.167 e. The average Bonchev–Trinajstić information content (AvgIpc) is 2.08. The van der Waals surface area contributed by atoms with Gasteiger partial charge < -0.3 is 5.73 Å². The molecule has 1 unspecified atom stereocenters. The molecule has 0 aromatic heterocycles. The van der Waals surface area contributed by atoms with Crippen LogP contribution >= 0.6 is 0 Å². The molecule has 4 nitrogen and oxygen atoms in total.